The number of aromatic nitrogens is 2. The minimum absolute atomic E-state index is 0.0353. The number of primary amides is 1. The van der Waals surface area contributed by atoms with Crippen molar-refractivity contribution >= 4 is 40.7 Å². The first-order chi connectivity index (χ1) is 8.91. The summed E-state index contributed by atoms with van der Waals surface area (Å²) >= 11 is 17.9. The Hall–Kier alpha value is -1.36. The Kier molecular flexibility index (Phi) is 3.94. The Morgan fingerprint density at radius 3 is 2.53 bits per heavy atom. The van der Waals surface area contributed by atoms with Gasteiger partial charge in [-0.2, -0.15) is 0 Å². The van der Waals surface area contributed by atoms with E-state index in [1.807, 2.05) is 0 Å². The molecule has 1 heterocycles. The highest BCUT2D eigenvalue weighted by molar-refractivity contribution is 6.43. The number of aryl methyl sites for hydroxylation is 1. The van der Waals surface area contributed by atoms with Gasteiger partial charge in [-0.05, 0) is 13.0 Å². The van der Waals surface area contributed by atoms with Crippen molar-refractivity contribution in [2.75, 3.05) is 0 Å². The van der Waals surface area contributed by atoms with Crippen LogP contribution in [0.1, 0.15) is 16.2 Å². The van der Waals surface area contributed by atoms with Crippen molar-refractivity contribution in [3.05, 3.63) is 44.8 Å². The number of hydrogen-bond donors (Lipinski definition) is 1. The van der Waals surface area contributed by atoms with E-state index in [0.717, 1.165) is 0 Å². The van der Waals surface area contributed by atoms with E-state index in [0.29, 0.717) is 27.0 Å². The van der Waals surface area contributed by atoms with Gasteiger partial charge in [0.1, 0.15) is 0 Å². The smallest absolute Gasteiger partial charge is 0.270 e. The first kappa shape index (κ1) is 14.1. The van der Waals surface area contributed by atoms with Gasteiger partial charge in [0.05, 0.1) is 21.4 Å². The monoisotopic (exact) mass is 315 g/mol. The van der Waals surface area contributed by atoms with Gasteiger partial charge in [0, 0.05) is 5.56 Å². The normalized spacial score (nSPS) is 10.5. The molecule has 0 saturated carbocycles. The maximum absolute atomic E-state index is 11.2. The van der Waals surface area contributed by atoms with E-state index >= 15 is 0 Å². The van der Waals surface area contributed by atoms with E-state index in [2.05, 4.69) is 9.97 Å². The summed E-state index contributed by atoms with van der Waals surface area (Å²) in [6, 6.07) is 5.11. The molecule has 0 radical (unpaired) electrons. The molecule has 1 amide bonds. The predicted molar refractivity (Wildman–Crippen MR) is 75.8 cm³/mol. The summed E-state index contributed by atoms with van der Waals surface area (Å²) in [4.78, 5) is 19.4. The van der Waals surface area contributed by atoms with Crippen LogP contribution in [0.4, 0.5) is 0 Å². The quantitative estimate of drug-likeness (QED) is 0.921. The zero-order chi connectivity index (χ0) is 14.2. The van der Waals surface area contributed by atoms with Crippen LogP contribution in [0.15, 0.2) is 18.2 Å². The lowest BCUT2D eigenvalue weighted by molar-refractivity contribution is 0.0995. The maximum atomic E-state index is 11.2. The van der Waals surface area contributed by atoms with Gasteiger partial charge in [-0.3, -0.25) is 4.79 Å². The zero-order valence-electron chi connectivity index (χ0n) is 9.75. The SMILES string of the molecule is Cc1nc(Cl)c(C(N)=O)nc1-c1cccc(Cl)c1Cl. The van der Waals surface area contributed by atoms with Crippen molar-refractivity contribution < 1.29 is 4.79 Å². The summed E-state index contributed by atoms with van der Waals surface area (Å²) in [6.45, 7) is 1.70. The van der Waals surface area contributed by atoms with Crippen LogP contribution in [-0.4, -0.2) is 15.9 Å². The second-order valence-corrected chi connectivity index (χ2v) is 4.91. The van der Waals surface area contributed by atoms with Crippen LogP contribution < -0.4 is 5.73 Å². The third kappa shape index (κ3) is 2.66. The van der Waals surface area contributed by atoms with Crippen molar-refractivity contribution in [1.82, 2.24) is 9.97 Å². The van der Waals surface area contributed by atoms with Gasteiger partial charge in [-0.1, -0.05) is 46.9 Å². The molecule has 0 aliphatic heterocycles. The molecule has 19 heavy (non-hydrogen) atoms. The van der Waals surface area contributed by atoms with E-state index in [9.17, 15) is 4.79 Å². The van der Waals surface area contributed by atoms with Crippen LogP contribution in [0.25, 0.3) is 11.3 Å². The van der Waals surface area contributed by atoms with Gasteiger partial charge in [0.15, 0.2) is 10.8 Å². The number of carbonyl (C=O) groups is 1. The number of carbonyl (C=O) groups excluding carboxylic acids is 1. The Morgan fingerprint density at radius 1 is 1.21 bits per heavy atom. The van der Waals surface area contributed by atoms with Crippen molar-refractivity contribution in [3.8, 4) is 11.3 Å². The lowest BCUT2D eigenvalue weighted by atomic mass is 10.1. The van der Waals surface area contributed by atoms with Gasteiger partial charge in [0.25, 0.3) is 5.91 Å². The highest BCUT2D eigenvalue weighted by atomic mass is 35.5. The van der Waals surface area contributed by atoms with E-state index in [-0.39, 0.29) is 10.8 Å². The molecule has 2 N–H and O–H groups in total. The summed E-state index contributed by atoms with van der Waals surface area (Å²) in [6.07, 6.45) is 0. The third-order valence-electron chi connectivity index (χ3n) is 2.47. The van der Waals surface area contributed by atoms with Gasteiger partial charge in [-0.25, -0.2) is 9.97 Å². The van der Waals surface area contributed by atoms with Crippen LogP contribution in [-0.2, 0) is 0 Å². The van der Waals surface area contributed by atoms with Gasteiger partial charge < -0.3 is 5.73 Å². The van der Waals surface area contributed by atoms with Crippen molar-refractivity contribution in [3.63, 3.8) is 0 Å². The number of amides is 1. The van der Waals surface area contributed by atoms with Crippen LogP contribution in [0.3, 0.4) is 0 Å². The van der Waals surface area contributed by atoms with Crippen LogP contribution in [0, 0.1) is 6.92 Å². The second kappa shape index (κ2) is 5.33. The fourth-order valence-corrected chi connectivity index (χ4v) is 2.24. The number of rotatable bonds is 2. The standard InChI is InChI=1S/C12H8Cl3N3O/c1-5-9(6-3-2-4-7(13)8(6)14)18-10(12(16)19)11(15)17-5/h2-4H,1H3,(H2,16,19). The van der Waals surface area contributed by atoms with Gasteiger partial charge in [0.2, 0.25) is 0 Å². The number of benzene rings is 1. The Morgan fingerprint density at radius 2 is 1.89 bits per heavy atom. The van der Waals surface area contributed by atoms with Crippen LogP contribution in [0.5, 0.6) is 0 Å². The van der Waals surface area contributed by atoms with E-state index < -0.39 is 5.91 Å². The summed E-state index contributed by atoms with van der Waals surface area (Å²) in [7, 11) is 0. The van der Waals surface area contributed by atoms with E-state index in [1.54, 1.807) is 25.1 Å². The molecule has 0 aliphatic rings. The molecule has 7 heteroatoms. The molecule has 0 saturated heterocycles. The fourth-order valence-electron chi connectivity index (χ4n) is 1.59. The average molecular weight is 317 g/mol. The first-order valence-corrected chi connectivity index (χ1v) is 6.33. The molecule has 0 aliphatic carbocycles. The maximum Gasteiger partial charge on any atom is 0.270 e. The molecule has 2 aromatic rings. The first-order valence-electron chi connectivity index (χ1n) is 5.20. The van der Waals surface area contributed by atoms with Crippen molar-refractivity contribution in [1.29, 1.82) is 0 Å². The molecule has 0 fully saturated rings. The van der Waals surface area contributed by atoms with Gasteiger partial charge >= 0.3 is 0 Å². The molecule has 2 rings (SSSR count). The van der Waals surface area contributed by atoms with Crippen LogP contribution in [0.2, 0.25) is 15.2 Å². The molecule has 1 aromatic heterocycles. The number of nitrogens with zero attached hydrogens (tertiary/aromatic N) is 2. The molecular weight excluding hydrogens is 309 g/mol. The van der Waals surface area contributed by atoms with E-state index in [1.165, 1.54) is 0 Å². The molecular formula is C12H8Cl3N3O. The fraction of sp³-hybridized carbons (Fsp3) is 0.0833. The van der Waals surface area contributed by atoms with Crippen molar-refractivity contribution in [2.45, 2.75) is 6.92 Å². The highest BCUT2D eigenvalue weighted by Gasteiger charge is 2.17. The average Bonchev–Trinajstić information content (AvgIpc) is 2.33. The number of hydrogen-bond acceptors (Lipinski definition) is 3. The lowest BCUT2D eigenvalue weighted by Crippen LogP contribution is -2.15. The Bertz CT molecular complexity index is 674. The van der Waals surface area contributed by atoms with E-state index in [4.69, 9.17) is 40.5 Å². The summed E-state index contributed by atoms with van der Waals surface area (Å²) < 4.78 is 0. The lowest BCUT2D eigenvalue weighted by Gasteiger charge is -2.09. The number of nitrogens with two attached hydrogens (primary N) is 1. The highest BCUT2D eigenvalue weighted by Crippen LogP contribution is 2.34. The second-order valence-electron chi connectivity index (χ2n) is 3.76. The summed E-state index contributed by atoms with van der Waals surface area (Å²) in [5.41, 5.74) is 6.61. The molecule has 98 valence electrons. The van der Waals surface area contributed by atoms with Gasteiger partial charge in [-0.15, -0.1) is 0 Å². The topological polar surface area (TPSA) is 68.9 Å². The molecule has 4 nitrogen and oxygen atoms in total. The third-order valence-corrected chi connectivity index (χ3v) is 3.55. The predicted octanol–water partition coefficient (Wildman–Crippen LogP) is 3.51. The molecule has 1 aromatic carbocycles. The minimum atomic E-state index is -0.753. The summed E-state index contributed by atoms with van der Waals surface area (Å²) in [5.74, 6) is -0.753. The Balaban J connectivity index is 2.72. The molecule has 0 unspecified atom stereocenters. The summed E-state index contributed by atoms with van der Waals surface area (Å²) in [5, 5.41) is 0.683. The largest absolute Gasteiger partial charge is 0.364 e. The minimum Gasteiger partial charge on any atom is -0.364 e. The molecule has 0 atom stereocenters. The Labute approximate surface area is 124 Å². The van der Waals surface area contributed by atoms with Crippen LogP contribution >= 0.6 is 34.8 Å². The molecule has 0 bridgehead atoms. The van der Waals surface area contributed by atoms with Crippen molar-refractivity contribution in [2.24, 2.45) is 5.73 Å². The zero-order valence-corrected chi connectivity index (χ0v) is 12.0. The number of halogens is 3. The molecule has 0 spiro atoms.